The second-order valence-corrected chi connectivity index (χ2v) is 6.13. The molecule has 0 aromatic carbocycles. The van der Waals surface area contributed by atoms with Crippen LogP contribution in [-0.2, 0) is 11.3 Å². The van der Waals surface area contributed by atoms with Gasteiger partial charge in [-0.05, 0) is 44.7 Å². The van der Waals surface area contributed by atoms with Gasteiger partial charge in [0, 0.05) is 24.5 Å². The Balaban J connectivity index is 2.09. The summed E-state index contributed by atoms with van der Waals surface area (Å²) in [5.41, 5.74) is 0.874. The van der Waals surface area contributed by atoms with Crippen LogP contribution in [0.15, 0.2) is 11.4 Å². The maximum Gasteiger partial charge on any atom is 0.407 e. The second kappa shape index (κ2) is 6.75. The van der Waals surface area contributed by atoms with Crippen LogP contribution < -0.4 is 10.6 Å². The van der Waals surface area contributed by atoms with Crippen LogP contribution in [0.4, 0.5) is 4.79 Å². The third-order valence-corrected chi connectivity index (χ3v) is 3.25. The van der Waals surface area contributed by atoms with Crippen molar-refractivity contribution in [1.82, 2.24) is 10.6 Å². The van der Waals surface area contributed by atoms with E-state index in [1.54, 1.807) is 11.3 Å². The van der Waals surface area contributed by atoms with E-state index in [2.05, 4.69) is 29.0 Å². The van der Waals surface area contributed by atoms with Gasteiger partial charge in [-0.3, -0.25) is 0 Å². The van der Waals surface area contributed by atoms with Gasteiger partial charge < -0.3 is 15.4 Å². The smallest absolute Gasteiger partial charge is 0.407 e. The molecule has 0 fully saturated rings. The molecule has 1 aromatic heterocycles. The lowest BCUT2D eigenvalue weighted by Crippen LogP contribution is -2.36. The average Bonchev–Trinajstić information content (AvgIpc) is 2.61. The van der Waals surface area contributed by atoms with Crippen molar-refractivity contribution in [3.63, 3.8) is 0 Å². The lowest BCUT2D eigenvalue weighted by molar-refractivity contribution is 0.0528. The second-order valence-electron chi connectivity index (χ2n) is 5.13. The SMILES string of the molecule is Cc1ccsc1CNCCNC(=O)OC(C)(C)C. The molecule has 1 amide bonds. The molecule has 2 N–H and O–H groups in total. The molecular weight excluding hydrogens is 248 g/mol. The number of carbonyl (C=O) groups excluding carboxylic acids is 1. The van der Waals surface area contributed by atoms with Gasteiger partial charge in [0.05, 0.1) is 0 Å². The van der Waals surface area contributed by atoms with E-state index in [9.17, 15) is 4.79 Å². The monoisotopic (exact) mass is 270 g/mol. The number of nitrogens with one attached hydrogen (secondary N) is 2. The number of ether oxygens (including phenoxy) is 1. The Labute approximate surface area is 113 Å². The molecule has 0 spiro atoms. The summed E-state index contributed by atoms with van der Waals surface area (Å²) >= 11 is 1.75. The third kappa shape index (κ3) is 6.02. The molecule has 0 atom stereocenters. The standard InChI is InChI=1S/C13H22N2O2S/c1-10-5-8-18-11(10)9-14-6-7-15-12(16)17-13(2,3)4/h5,8,14H,6-7,9H2,1-4H3,(H,15,16). The van der Waals surface area contributed by atoms with Crippen molar-refractivity contribution in [1.29, 1.82) is 0 Å². The van der Waals surface area contributed by atoms with Gasteiger partial charge in [-0.1, -0.05) is 0 Å². The van der Waals surface area contributed by atoms with Crippen LogP contribution in [0.25, 0.3) is 0 Å². The van der Waals surface area contributed by atoms with E-state index in [1.165, 1.54) is 10.4 Å². The molecule has 4 nitrogen and oxygen atoms in total. The fourth-order valence-electron chi connectivity index (χ4n) is 1.35. The molecule has 0 saturated carbocycles. The summed E-state index contributed by atoms with van der Waals surface area (Å²) in [5, 5.41) is 8.09. The largest absolute Gasteiger partial charge is 0.444 e. The first-order valence-corrected chi connectivity index (χ1v) is 6.97. The molecule has 0 radical (unpaired) electrons. The van der Waals surface area contributed by atoms with Gasteiger partial charge in [-0.15, -0.1) is 11.3 Å². The first-order chi connectivity index (χ1) is 8.38. The first-order valence-electron chi connectivity index (χ1n) is 6.09. The third-order valence-electron chi connectivity index (χ3n) is 2.22. The van der Waals surface area contributed by atoms with E-state index in [0.717, 1.165) is 13.1 Å². The zero-order chi connectivity index (χ0) is 13.6. The van der Waals surface area contributed by atoms with Gasteiger partial charge >= 0.3 is 6.09 Å². The zero-order valence-corrected chi connectivity index (χ0v) is 12.3. The molecule has 1 heterocycles. The predicted octanol–water partition coefficient (Wildman–Crippen LogP) is 2.67. The molecule has 0 unspecified atom stereocenters. The molecule has 0 aliphatic rings. The molecule has 0 saturated heterocycles. The van der Waals surface area contributed by atoms with Gasteiger partial charge in [0.2, 0.25) is 0 Å². The van der Waals surface area contributed by atoms with Crippen LogP contribution in [0.1, 0.15) is 31.2 Å². The topological polar surface area (TPSA) is 50.4 Å². The minimum atomic E-state index is -0.439. The van der Waals surface area contributed by atoms with Gasteiger partial charge in [0.1, 0.15) is 5.60 Å². The van der Waals surface area contributed by atoms with Crippen LogP contribution in [0.2, 0.25) is 0 Å². The van der Waals surface area contributed by atoms with Crippen LogP contribution in [-0.4, -0.2) is 24.8 Å². The fraction of sp³-hybridized carbons (Fsp3) is 0.615. The summed E-state index contributed by atoms with van der Waals surface area (Å²) in [6.45, 7) is 9.81. The number of alkyl carbamates (subject to hydrolysis) is 1. The van der Waals surface area contributed by atoms with Crippen LogP contribution >= 0.6 is 11.3 Å². The molecule has 1 aromatic rings. The maximum atomic E-state index is 11.3. The number of amides is 1. The average molecular weight is 270 g/mol. The van der Waals surface area contributed by atoms with E-state index >= 15 is 0 Å². The lowest BCUT2D eigenvalue weighted by atomic mass is 10.2. The van der Waals surface area contributed by atoms with Crippen LogP contribution in [0, 0.1) is 6.92 Å². The van der Waals surface area contributed by atoms with E-state index in [0.29, 0.717) is 6.54 Å². The minimum Gasteiger partial charge on any atom is -0.444 e. The molecule has 5 heteroatoms. The van der Waals surface area contributed by atoms with E-state index < -0.39 is 5.60 Å². The van der Waals surface area contributed by atoms with Crippen molar-refractivity contribution < 1.29 is 9.53 Å². The van der Waals surface area contributed by atoms with Crippen LogP contribution in [0.3, 0.4) is 0 Å². The molecule has 102 valence electrons. The quantitative estimate of drug-likeness (QED) is 0.809. The van der Waals surface area contributed by atoms with E-state index in [4.69, 9.17) is 4.74 Å². The first kappa shape index (κ1) is 15.0. The minimum absolute atomic E-state index is 0.364. The molecule has 18 heavy (non-hydrogen) atoms. The normalized spacial score (nSPS) is 11.3. The number of rotatable bonds is 5. The summed E-state index contributed by atoms with van der Waals surface area (Å²) in [6, 6.07) is 2.11. The molecule has 0 aliphatic heterocycles. The Kier molecular flexibility index (Phi) is 5.62. The van der Waals surface area contributed by atoms with Crippen molar-refractivity contribution in [3.8, 4) is 0 Å². The number of hydrogen-bond donors (Lipinski definition) is 2. The molecule has 0 bridgehead atoms. The maximum absolute atomic E-state index is 11.3. The Bertz CT molecular complexity index is 383. The Morgan fingerprint density at radius 3 is 2.67 bits per heavy atom. The molecular formula is C13H22N2O2S. The van der Waals surface area contributed by atoms with E-state index in [1.807, 2.05) is 20.8 Å². The summed E-state index contributed by atoms with van der Waals surface area (Å²) in [5.74, 6) is 0. The van der Waals surface area contributed by atoms with Gasteiger partial charge in [0.15, 0.2) is 0 Å². The highest BCUT2D eigenvalue weighted by atomic mass is 32.1. The fourth-order valence-corrected chi connectivity index (χ4v) is 2.23. The van der Waals surface area contributed by atoms with Crippen molar-refractivity contribution in [2.24, 2.45) is 0 Å². The number of thiophene rings is 1. The van der Waals surface area contributed by atoms with Crippen molar-refractivity contribution in [3.05, 3.63) is 21.9 Å². The van der Waals surface area contributed by atoms with Crippen molar-refractivity contribution >= 4 is 17.4 Å². The Hall–Kier alpha value is -1.07. The van der Waals surface area contributed by atoms with Crippen LogP contribution in [0.5, 0.6) is 0 Å². The van der Waals surface area contributed by atoms with Gasteiger partial charge in [-0.2, -0.15) is 0 Å². The zero-order valence-electron chi connectivity index (χ0n) is 11.5. The number of carbonyl (C=O) groups is 1. The summed E-state index contributed by atoms with van der Waals surface area (Å²) in [4.78, 5) is 12.7. The Morgan fingerprint density at radius 1 is 1.39 bits per heavy atom. The van der Waals surface area contributed by atoms with Crippen molar-refractivity contribution in [2.75, 3.05) is 13.1 Å². The molecule has 0 aliphatic carbocycles. The number of hydrogen-bond acceptors (Lipinski definition) is 4. The lowest BCUT2D eigenvalue weighted by Gasteiger charge is -2.19. The summed E-state index contributed by atoms with van der Waals surface area (Å²) < 4.78 is 5.13. The predicted molar refractivity (Wildman–Crippen MR) is 75.0 cm³/mol. The van der Waals surface area contributed by atoms with E-state index in [-0.39, 0.29) is 6.09 Å². The van der Waals surface area contributed by atoms with Crippen molar-refractivity contribution in [2.45, 2.75) is 39.8 Å². The highest BCUT2D eigenvalue weighted by Gasteiger charge is 2.15. The molecule has 1 rings (SSSR count). The highest BCUT2D eigenvalue weighted by Crippen LogP contribution is 2.14. The summed E-state index contributed by atoms with van der Waals surface area (Å²) in [6.07, 6.45) is -0.364. The summed E-state index contributed by atoms with van der Waals surface area (Å²) in [7, 11) is 0. The number of aryl methyl sites for hydroxylation is 1. The van der Waals surface area contributed by atoms with Gasteiger partial charge in [-0.25, -0.2) is 4.79 Å². The Morgan fingerprint density at radius 2 is 2.11 bits per heavy atom. The van der Waals surface area contributed by atoms with Gasteiger partial charge in [0.25, 0.3) is 0 Å². The highest BCUT2D eigenvalue weighted by molar-refractivity contribution is 7.10.